The molecule has 0 N–H and O–H groups in total. The highest BCUT2D eigenvalue weighted by molar-refractivity contribution is 6.25. The van der Waals surface area contributed by atoms with Crippen molar-refractivity contribution in [2.24, 2.45) is 0 Å². The van der Waals surface area contributed by atoms with Gasteiger partial charge < -0.3 is 18.0 Å². The standard InChI is InChI=1S/C48H26N4O2/c49-26-28-17-18-29(42(25-28)52-38-14-6-2-12-35(38)46-41(52)22-20-33-31-10-4-8-16-44(31)54-48(33)46)36-27-50-24-23-39(36)51-37-13-5-1-11-34(37)45-40(51)21-19-32-30-9-3-7-15-43(30)53-47(32)45/h1-25,27H. The molecule has 0 spiro atoms. The molecular formula is C48H26N4O2. The summed E-state index contributed by atoms with van der Waals surface area (Å²) in [6, 6.07) is 52.5. The molecule has 12 aromatic rings. The Hall–Kier alpha value is -7.62. The van der Waals surface area contributed by atoms with Gasteiger partial charge >= 0.3 is 0 Å². The summed E-state index contributed by atoms with van der Waals surface area (Å²) in [6.07, 6.45) is 3.78. The second-order valence-corrected chi connectivity index (χ2v) is 13.8. The van der Waals surface area contributed by atoms with E-state index in [4.69, 9.17) is 13.8 Å². The van der Waals surface area contributed by atoms with Gasteiger partial charge in [-0.2, -0.15) is 5.26 Å². The van der Waals surface area contributed by atoms with E-state index < -0.39 is 0 Å². The van der Waals surface area contributed by atoms with Crippen molar-refractivity contribution in [1.82, 2.24) is 14.1 Å². The van der Waals surface area contributed by atoms with E-state index in [2.05, 4.69) is 118 Å². The predicted octanol–water partition coefficient (Wildman–Crippen LogP) is 12.6. The molecule has 250 valence electrons. The number of benzene rings is 7. The third-order valence-corrected chi connectivity index (χ3v) is 11.1. The highest BCUT2D eigenvalue weighted by Gasteiger charge is 2.24. The average Bonchev–Trinajstić information content (AvgIpc) is 3.98. The smallest absolute Gasteiger partial charge is 0.145 e. The number of fused-ring (bicyclic) bond motifs is 14. The Bertz CT molecular complexity index is 3590. The van der Waals surface area contributed by atoms with Gasteiger partial charge in [0.25, 0.3) is 0 Å². The van der Waals surface area contributed by atoms with Crippen LogP contribution >= 0.6 is 0 Å². The van der Waals surface area contributed by atoms with Gasteiger partial charge in [-0.05, 0) is 66.7 Å². The molecule has 12 rings (SSSR count). The van der Waals surface area contributed by atoms with E-state index in [1.165, 1.54) is 0 Å². The zero-order chi connectivity index (χ0) is 35.5. The fourth-order valence-electron chi connectivity index (χ4n) is 8.79. The molecule has 54 heavy (non-hydrogen) atoms. The van der Waals surface area contributed by atoms with Crippen LogP contribution in [0, 0.1) is 11.3 Å². The molecule has 0 aliphatic heterocycles. The first-order chi connectivity index (χ1) is 26.8. The summed E-state index contributed by atoms with van der Waals surface area (Å²) in [7, 11) is 0. The van der Waals surface area contributed by atoms with Crippen molar-refractivity contribution in [3.05, 3.63) is 164 Å². The van der Waals surface area contributed by atoms with E-state index in [1.54, 1.807) is 0 Å². The number of hydrogen-bond donors (Lipinski definition) is 0. The van der Waals surface area contributed by atoms with Crippen molar-refractivity contribution in [1.29, 1.82) is 5.26 Å². The van der Waals surface area contributed by atoms with Crippen molar-refractivity contribution in [2.45, 2.75) is 0 Å². The summed E-state index contributed by atoms with van der Waals surface area (Å²) in [6.45, 7) is 0. The molecule has 5 aromatic heterocycles. The van der Waals surface area contributed by atoms with Crippen LogP contribution in [0.25, 0.3) is 110 Å². The third kappa shape index (κ3) is 3.79. The molecule has 0 amide bonds. The number of pyridine rings is 1. The van der Waals surface area contributed by atoms with Crippen LogP contribution < -0.4 is 0 Å². The first-order valence-corrected chi connectivity index (χ1v) is 17.9. The summed E-state index contributed by atoms with van der Waals surface area (Å²) in [4.78, 5) is 4.70. The molecule has 0 radical (unpaired) electrons. The molecule has 5 heterocycles. The van der Waals surface area contributed by atoms with Gasteiger partial charge in [-0.15, -0.1) is 0 Å². The summed E-state index contributed by atoms with van der Waals surface area (Å²) in [5.41, 5.74) is 11.9. The van der Waals surface area contributed by atoms with Crippen LogP contribution in [0.4, 0.5) is 0 Å². The second kappa shape index (κ2) is 10.7. The van der Waals surface area contributed by atoms with Crippen LogP contribution in [0.3, 0.4) is 0 Å². The van der Waals surface area contributed by atoms with Crippen LogP contribution in [0.2, 0.25) is 0 Å². The minimum Gasteiger partial charge on any atom is -0.455 e. The highest BCUT2D eigenvalue weighted by Crippen LogP contribution is 2.45. The Morgan fingerprint density at radius 3 is 1.59 bits per heavy atom. The molecule has 0 bridgehead atoms. The number of para-hydroxylation sites is 4. The maximum absolute atomic E-state index is 10.3. The van der Waals surface area contributed by atoms with Gasteiger partial charge in [-0.1, -0.05) is 78.9 Å². The fourth-order valence-corrected chi connectivity index (χ4v) is 8.79. The third-order valence-electron chi connectivity index (χ3n) is 11.1. The van der Waals surface area contributed by atoms with Gasteiger partial charge in [-0.3, -0.25) is 4.98 Å². The lowest BCUT2D eigenvalue weighted by atomic mass is 10.0. The van der Waals surface area contributed by atoms with E-state index in [9.17, 15) is 5.26 Å². The van der Waals surface area contributed by atoms with Crippen molar-refractivity contribution < 1.29 is 8.83 Å². The zero-order valence-electron chi connectivity index (χ0n) is 28.6. The van der Waals surface area contributed by atoms with E-state index in [0.29, 0.717) is 5.56 Å². The fraction of sp³-hybridized carbons (Fsp3) is 0. The molecule has 0 atom stereocenters. The van der Waals surface area contributed by atoms with Crippen molar-refractivity contribution >= 4 is 87.5 Å². The summed E-state index contributed by atoms with van der Waals surface area (Å²) in [5, 5.41) is 18.9. The van der Waals surface area contributed by atoms with Crippen LogP contribution in [0.15, 0.2) is 167 Å². The highest BCUT2D eigenvalue weighted by atomic mass is 16.3. The molecule has 0 fully saturated rings. The normalized spacial score (nSPS) is 12.1. The van der Waals surface area contributed by atoms with Gasteiger partial charge in [0.2, 0.25) is 0 Å². The topological polar surface area (TPSA) is 72.8 Å². The predicted molar refractivity (Wildman–Crippen MR) is 218 cm³/mol. The SMILES string of the molecule is N#Cc1ccc(-c2cnccc2-n2c3ccccc3c3c4oc5ccccc5c4ccc32)c(-n2c3ccccc3c3c4oc5ccccc5c4ccc32)c1. The molecule has 6 nitrogen and oxygen atoms in total. The quantitative estimate of drug-likeness (QED) is 0.185. The lowest BCUT2D eigenvalue weighted by Gasteiger charge is -2.18. The molecule has 0 saturated carbocycles. The lowest BCUT2D eigenvalue weighted by molar-refractivity contribution is 0.672. The largest absolute Gasteiger partial charge is 0.455 e. The Kier molecular flexibility index (Phi) is 5.75. The van der Waals surface area contributed by atoms with Crippen LogP contribution in [-0.4, -0.2) is 14.1 Å². The number of rotatable bonds is 3. The lowest BCUT2D eigenvalue weighted by Crippen LogP contribution is -2.02. The van der Waals surface area contributed by atoms with Crippen LogP contribution in [-0.2, 0) is 0 Å². The monoisotopic (exact) mass is 690 g/mol. The average molecular weight is 691 g/mol. The first-order valence-electron chi connectivity index (χ1n) is 17.9. The molecule has 0 saturated heterocycles. The Labute approximate surface area is 306 Å². The summed E-state index contributed by atoms with van der Waals surface area (Å²) >= 11 is 0. The van der Waals surface area contributed by atoms with Gasteiger partial charge in [0.15, 0.2) is 0 Å². The van der Waals surface area contributed by atoms with Crippen LogP contribution in [0.5, 0.6) is 0 Å². The second-order valence-electron chi connectivity index (χ2n) is 13.8. The van der Waals surface area contributed by atoms with E-state index in [1.807, 2.05) is 54.9 Å². The van der Waals surface area contributed by atoms with Gasteiger partial charge in [0.1, 0.15) is 22.3 Å². The number of furan rings is 2. The maximum Gasteiger partial charge on any atom is 0.145 e. The van der Waals surface area contributed by atoms with Crippen LogP contribution in [0.1, 0.15) is 5.56 Å². The molecule has 7 aromatic carbocycles. The van der Waals surface area contributed by atoms with Crippen molar-refractivity contribution in [2.75, 3.05) is 0 Å². The Balaban J connectivity index is 1.18. The van der Waals surface area contributed by atoms with E-state index in [-0.39, 0.29) is 0 Å². The van der Waals surface area contributed by atoms with Gasteiger partial charge in [0, 0.05) is 55.8 Å². The molecule has 0 aliphatic carbocycles. The minimum atomic E-state index is 0.569. The van der Waals surface area contributed by atoms with Gasteiger partial charge in [-0.25, -0.2) is 0 Å². The Morgan fingerprint density at radius 1 is 0.463 bits per heavy atom. The van der Waals surface area contributed by atoms with Crippen molar-refractivity contribution in [3.63, 3.8) is 0 Å². The number of nitriles is 1. The van der Waals surface area contributed by atoms with Gasteiger partial charge in [0.05, 0.1) is 55.8 Å². The number of nitrogens with zero attached hydrogens (tertiary/aromatic N) is 4. The number of aromatic nitrogens is 3. The van der Waals surface area contributed by atoms with E-state index >= 15 is 0 Å². The molecule has 0 aliphatic rings. The Morgan fingerprint density at radius 2 is 1.00 bits per heavy atom. The van der Waals surface area contributed by atoms with Crippen molar-refractivity contribution in [3.8, 4) is 28.6 Å². The number of hydrogen-bond acceptors (Lipinski definition) is 4. The summed E-state index contributed by atoms with van der Waals surface area (Å²) in [5.74, 6) is 0. The van der Waals surface area contributed by atoms with E-state index in [0.717, 1.165) is 110 Å². The molecular weight excluding hydrogens is 665 g/mol. The molecule has 6 heteroatoms. The zero-order valence-corrected chi connectivity index (χ0v) is 28.6. The maximum atomic E-state index is 10.3. The molecule has 0 unspecified atom stereocenters. The summed E-state index contributed by atoms with van der Waals surface area (Å²) < 4.78 is 17.8. The first kappa shape index (κ1) is 29.0. The minimum absolute atomic E-state index is 0.569.